The van der Waals surface area contributed by atoms with Gasteiger partial charge in [-0.05, 0) is 62.9 Å². The number of anilines is 1. The van der Waals surface area contributed by atoms with Gasteiger partial charge in [-0.15, -0.1) is 11.3 Å². The van der Waals surface area contributed by atoms with Gasteiger partial charge in [0.15, 0.2) is 0 Å². The molecular formula is C23H25N5OS. The fourth-order valence-corrected chi connectivity index (χ4v) is 4.39. The third kappa shape index (κ3) is 4.75. The molecule has 0 bridgehead atoms. The number of nitrogens with zero attached hydrogens (tertiary/aromatic N) is 4. The number of benzene rings is 2. The highest BCUT2D eigenvalue weighted by atomic mass is 32.1. The Kier molecular flexibility index (Phi) is 5.92. The van der Waals surface area contributed by atoms with Crippen LogP contribution in [-0.4, -0.2) is 39.2 Å². The van der Waals surface area contributed by atoms with Crippen LogP contribution in [0.4, 0.5) is 5.69 Å². The van der Waals surface area contributed by atoms with Crippen LogP contribution in [0.2, 0.25) is 0 Å². The van der Waals surface area contributed by atoms with Crippen molar-refractivity contribution in [3.8, 4) is 10.6 Å². The highest BCUT2D eigenvalue weighted by Gasteiger charge is 2.10. The molecule has 0 aliphatic heterocycles. The molecule has 6 nitrogen and oxygen atoms in total. The maximum absolute atomic E-state index is 12.4. The third-order valence-electron chi connectivity index (χ3n) is 4.84. The number of nitrogens with one attached hydrogen (secondary N) is 1. The van der Waals surface area contributed by atoms with Crippen LogP contribution in [-0.2, 0) is 17.9 Å². The minimum Gasteiger partial charge on any atom is -0.325 e. The van der Waals surface area contributed by atoms with Crippen molar-refractivity contribution in [1.82, 2.24) is 19.7 Å². The number of carbonyl (C=O) groups excluding carboxylic acids is 1. The summed E-state index contributed by atoms with van der Waals surface area (Å²) in [5, 5.41) is 8.23. The molecule has 0 fully saturated rings. The first-order valence-electron chi connectivity index (χ1n) is 9.97. The Balaban J connectivity index is 1.35. The molecule has 0 radical (unpaired) electrons. The zero-order valence-corrected chi connectivity index (χ0v) is 18.2. The van der Waals surface area contributed by atoms with Gasteiger partial charge in [0.05, 0.1) is 23.0 Å². The Labute approximate surface area is 180 Å². The van der Waals surface area contributed by atoms with Crippen LogP contribution in [0.25, 0.3) is 20.8 Å². The van der Waals surface area contributed by atoms with Crippen LogP contribution < -0.4 is 5.32 Å². The summed E-state index contributed by atoms with van der Waals surface area (Å²) in [4.78, 5) is 19.1. The van der Waals surface area contributed by atoms with Gasteiger partial charge in [0.1, 0.15) is 5.01 Å². The van der Waals surface area contributed by atoms with Crippen LogP contribution in [0.3, 0.4) is 0 Å². The Morgan fingerprint density at radius 2 is 2.00 bits per heavy atom. The van der Waals surface area contributed by atoms with Gasteiger partial charge < -0.3 is 5.32 Å². The first kappa shape index (κ1) is 20.3. The minimum atomic E-state index is -0.0383. The van der Waals surface area contributed by atoms with Gasteiger partial charge in [0.25, 0.3) is 0 Å². The lowest BCUT2D eigenvalue weighted by molar-refractivity contribution is -0.117. The summed E-state index contributed by atoms with van der Waals surface area (Å²) in [7, 11) is 1.93. The predicted octanol–water partition coefficient (Wildman–Crippen LogP) is 4.56. The van der Waals surface area contributed by atoms with Gasteiger partial charge in [-0.25, -0.2) is 4.98 Å². The van der Waals surface area contributed by atoms with Gasteiger partial charge in [0, 0.05) is 36.1 Å². The normalized spacial score (nSPS) is 11.3. The number of aromatic nitrogens is 3. The minimum absolute atomic E-state index is 0.0383. The lowest BCUT2D eigenvalue weighted by atomic mass is 10.2. The van der Waals surface area contributed by atoms with Gasteiger partial charge in [-0.3, -0.25) is 14.4 Å². The summed E-state index contributed by atoms with van der Waals surface area (Å²) in [6.45, 7) is 5.99. The van der Waals surface area contributed by atoms with E-state index in [-0.39, 0.29) is 5.91 Å². The van der Waals surface area contributed by atoms with Crippen molar-refractivity contribution < 1.29 is 4.79 Å². The number of hydrogen-bond donors (Lipinski definition) is 1. The standard InChI is InChI=1S/C23H25N5OS/c1-4-28-14-17(12-24-28)13-27(3)15-22(29)25-19-8-6-18(7-9-19)23-26-20-10-5-16(2)11-21(20)30-23/h5-12,14H,4,13,15H2,1-3H3,(H,25,29). The number of thiazole rings is 1. The van der Waals surface area contributed by atoms with Crippen molar-refractivity contribution in [3.63, 3.8) is 0 Å². The number of aryl methyl sites for hydroxylation is 2. The molecule has 0 atom stereocenters. The van der Waals surface area contributed by atoms with Gasteiger partial charge in [-0.2, -0.15) is 5.10 Å². The van der Waals surface area contributed by atoms with Crippen LogP contribution in [0.15, 0.2) is 54.9 Å². The maximum Gasteiger partial charge on any atom is 0.238 e. The van der Waals surface area contributed by atoms with E-state index in [4.69, 9.17) is 4.98 Å². The van der Waals surface area contributed by atoms with Crippen LogP contribution in [0.5, 0.6) is 0 Å². The van der Waals surface area contributed by atoms with Crippen molar-refractivity contribution in [2.24, 2.45) is 0 Å². The van der Waals surface area contributed by atoms with Crippen LogP contribution in [0.1, 0.15) is 18.1 Å². The topological polar surface area (TPSA) is 63.1 Å². The molecule has 0 aliphatic rings. The molecule has 1 N–H and O–H groups in total. The summed E-state index contributed by atoms with van der Waals surface area (Å²) in [5.41, 5.74) is 5.19. The molecule has 1 amide bonds. The van der Waals surface area contributed by atoms with Gasteiger partial charge >= 0.3 is 0 Å². The molecule has 2 aromatic carbocycles. The highest BCUT2D eigenvalue weighted by Crippen LogP contribution is 2.31. The molecule has 0 spiro atoms. The predicted molar refractivity (Wildman–Crippen MR) is 123 cm³/mol. The van der Waals surface area contributed by atoms with E-state index in [1.807, 2.05) is 53.3 Å². The molecule has 0 unspecified atom stereocenters. The van der Waals surface area contributed by atoms with Gasteiger partial charge in [-0.1, -0.05) is 6.07 Å². The lowest BCUT2D eigenvalue weighted by Crippen LogP contribution is -2.29. The monoisotopic (exact) mass is 419 g/mol. The Morgan fingerprint density at radius 1 is 1.20 bits per heavy atom. The van der Waals surface area contributed by atoms with E-state index in [2.05, 4.69) is 42.5 Å². The number of likely N-dealkylation sites (N-methyl/N-ethyl adjacent to an activating group) is 1. The van der Waals surface area contributed by atoms with Crippen molar-refractivity contribution in [3.05, 3.63) is 66.0 Å². The lowest BCUT2D eigenvalue weighted by Gasteiger charge is -2.15. The van der Waals surface area contributed by atoms with E-state index in [0.717, 1.165) is 33.9 Å². The average molecular weight is 420 g/mol. The Bertz CT molecular complexity index is 1160. The zero-order valence-electron chi connectivity index (χ0n) is 17.4. The number of amides is 1. The molecule has 154 valence electrons. The number of fused-ring (bicyclic) bond motifs is 1. The zero-order chi connectivity index (χ0) is 21.1. The summed E-state index contributed by atoms with van der Waals surface area (Å²) >= 11 is 1.68. The molecule has 30 heavy (non-hydrogen) atoms. The third-order valence-corrected chi connectivity index (χ3v) is 5.90. The second-order valence-electron chi connectivity index (χ2n) is 7.49. The number of carbonyl (C=O) groups is 1. The number of hydrogen-bond acceptors (Lipinski definition) is 5. The molecule has 0 saturated carbocycles. The van der Waals surface area contributed by atoms with Gasteiger partial charge in [0.2, 0.25) is 5.91 Å². The largest absolute Gasteiger partial charge is 0.325 e. The van der Waals surface area contributed by atoms with E-state index >= 15 is 0 Å². The van der Waals surface area contributed by atoms with E-state index < -0.39 is 0 Å². The maximum atomic E-state index is 12.4. The van der Waals surface area contributed by atoms with Crippen molar-refractivity contribution >= 4 is 33.1 Å². The molecule has 4 rings (SSSR count). The van der Waals surface area contributed by atoms with Crippen molar-refractivity contribution in [2.75, 3.05) is 18.9 Å². The fourth-order valence-electron chi connectivity index (χ4n) is 3.33. The highest BCUT2D eigenvalue weighted by molar-refractivity contribution is 7.21. The SMILES string of the molecule is CCn1cc(CN(C)CC(=O)Nc2ccc(-c3nc4ccc(C)cc4s3)cc2)cn1. The smallest absolute Gasteiger partial charge is 0.238 e. The number of rotatable bonds is 7. The van der Waals surface area contributed by atoms with E-state index in [1.165, 1.54) is 10.3 Å². The van der Waals surface area contributed by atoms with Crippen molar-refractivity contribution in [1.29, 1.82) is 0 Å². The molecule has 2 heterocycles. The average Bonchev–Trinajstić information content (AvgIpc) is 3.34. The summed E-state index contributed by atoms with van der Waals surface area (Å²) in [6.07, 6.45) is 3.86. The quantitative estimate of drug-likeness (QED) is 0.477. The molecular weight excluding hydrogens is 394 g/mol. The Morgan fingerprint density at radius 3 is 2.73 bits per heavy atom. The second-order valence-corrected chi connectivity index (χ2v) is 8.52. The molecule has 2 aromatic heterocycles. The van der Waals surface area contributed by atoms with Crippen LogP contribution in [0, 0.1) is 6.92 Å². The first-order chi connectivity index (χ1) is 14.5. The molecule has 0 saturated heterocycles. The summed E-state index contributed by atoms with van der Waals surface area (Å²) in [6, 6.07) is 14.2. The van der Waals surface area contributed by atoms with Crippen molar-refractivity contribution in [2.45, 2.75) is 26.9 Å². The fraction of sp³-hybridized carbons (Fsp3) is 0.261. The first-order valence-corrected chi connectivity index (χ1v) is 10.8. The van der Waals surface area contributed by atoms with Crippen LogP contribution >= 0.6 is 11.3 Å². The second kappa shape index (κ2) is 8.77. The summed E-state index contributed by atoms with van der Waals surface area (Å²) < 4.78 is 3.08. The molecule has 4 aromatic rings. The summed E-state index contributed by atoms with van der Waals surface area (Å²) in [5.74, 6) is -0.0383. The van der Waals surface area contributed by atoms with E-state index in [1.54, 1.807) is 11.3 Å². The van der Waals surface area contributed by atoms with E-state index in [0.29, 0.717) is 13.1 Å². The Hall–Kier alpha value is -3.03. The van der Waals surface area contributed by atoms with E-state index in [9.17, 15) is 4.79 Å². The molecule has 0 aliphatic carbocycles. The molecule has 7 heteroatoms.